The fourth-order valence-corrected chi connectivity index (χ4v) is 5.22. The van der Waals surface area contributed by atoms with Gasteiger partial charge in [0.1, 0.15) is 29.9 Å². The van der Waals surface area contributed by atoms with E-state index in [-0.39, 0.29) is 80.7 Å². The van der Waals surface area contributed by atoms with Crippen LogP contribution in [0.2, 0.25) is 0 Å². The molecule has 13 nitrogen and oxygen atoms in total. The van der Waals surface area contributed by atoms with Gasteiger partial charge in [-0.3, -0.25) is 19.3 Å². The maximum atomic E-state index is 15.3. The van der Waals surface area contributed by atoms with Crippen LogP contribution in [0.1, 0.15) is 63.0 Å². The number of anilines is 2. The topological polar surface area (TPSA) is 169 Å². The summed E-state index contributed by atoms with van der Waals surface area (Å²) in [4.78, 5) is 43.7. The van der Waals surface area contributed by atoms with E-state index < -0.39 is 51.3 Å². The summed E-state index contributed by atoms with van der Waals surface area (Å²) in [7, 11) is 0. The van der Waals surface area contributed by atoms with Crippen LogP contribution in [0.25, 0.3) is 0 Å². The number of amides is 3. The Balaban J connectivity index is 1.56. The van der Waals surface area contributed by atoms with Crippen molar-refractivity contribution in [2.45, 2.75) is 59.3 Å². The Bertz CT molecular complexity index is 1680. The van der Waals surface area contributed by atoms with Gasteiger partial charge in [-0.25, -0.2) is 9.37 Å². The van der Waals surface area contributed by atoms with E-state index in [0.29, 0.717) is 4.90 Å². The molecule has 1 aliphatic rings. The van der Waals surface area contributed by atoms with Gasteiger partial charge in [-0.2, -0.15) is 18.4 Å². The number of benzene rings is 1. The molecule has 0 spiro atoms. The number of alkyl halides is 3. The Morgan fingerprint density at radius 3 is 2.22 bits per heavy atom. The van der Waals surface area contributed by atoms with Crippen LogP contribution in [0.5, 0.6) is 5.88 Å². The Morgan fingerprint density at radius 1 is 1.08 bits per heavy atom. The minimum absolute atomic E-state index is 0.0120. The molecule has 3 N–H and O–H groups in total. The predicted molar refractivity (Wildman–Crippen MR) is 181 cm³/mol. The van der Waals surface area contributed by atoms with Gasteiger partial charge in [0.25, 0.3) is 11.8 Å². The van der Waals surface area contributed by atoms with Crippen LogP contribution in [0.4, 0.5) is 28.9 Å². The van der Waals surface area contributed by atoms with Crippen LogP contribution in [0.3, 0.4) is 0 Å². The van der Waals surface area contributed by atoms with Crippen molar-refractivity contribution < 1.29 is 50.9 Å². The third kappa shape index (κ3) is 9.88. The summed E-state index contributed by atoms with van der Waals surface area (Å²) in [6, 6.07) is 4.13. The lowest BCUT2D eigenvalue weighted by molar-refractivity contribution is -0.140. The van der Waals surface area contributed by atoms with Gasteiger partial charge in [0, 0.05) is 6.04 Å². The molecule has 278 valence electrons. The van der Waals surface area contributed by atoms with Crippen LogP contribution in [-0.4, -0.2) is 85.6 Å². The van der Waals surface area contributed by atoms with Crippen LogP contribution in [0, 0.1) is 22.6 Å². The number of ether oxygens (including phenoxy) is 4. The summed E-state index contributed by atoms with van der Waals surface area (Å²) >= 11 is 5.43. The highest BCUT2D eigenvalue weighted by Crippen LogP contribution is 2.42. The average molecular weight is 741 g/mol. The minimum atomic E-state index is -5.23. The van der Waals surface area contributed by atoms with Crippen LogP contribution in [0.15, 0.2) is 24.4 Å². The molecule has 1 aromatic carbocycles. The smallest absolute Gasteiger partial charge is 0.420 e. The molecule has 0 bridgehead atoms. The number of carbonyl (C=O) groups excluding carboxylic acids is 3. The van der Waals surface area contributed by atoms with E-state index in [2.05, 4.69) is 10.3 Å². The van der Waals surface area contributed by atoms with Crippen LogP contribution in [-0.2, 0) is 30.0 Å². The Hall–Kier alpha value is -4.44. The number of pyridine rings is 1. The van der Waals surface area contributed by atoms with E-state index in [1.54, 1.807) is 0 Å². The molecule has 18 heteroatoms. The largest absolute Gasteiger partial charge is 0.475 e. The Morgan fingerprint density at radius 2 is 1.67 bits per heavy atom. The van der Waals surface area contributed by atoms with E-state index in [1.807, 2.05) is 27.7 Å². The number of nitriles is 1. The minimum Gasteiger partial charge on any atom is -0.475 e. The zero-order valence-electron chi connectivity index (χ0n) is 29.0. The van der Waals surface area contributed by atoms with Crippen molar-refractivity contribution in [3.8, 4) is 11.9 Å². The first-order chi connectivity index (χ1) is 23.7. The molecular formula is C33H40F4N6O7S. The van der Waals surface area contributed by atoms with Crippen molar-refractivity contribution >= 4 is 46.4 Å². The van der Waals surface area contributed by atoms with Gasteiger partial charge in [-0.1, -0.05) is 20.8 Å². The molecule has 2 heterocycles. The number of primary amides is 1. The Kier molecular flexibility index (Phi) is 13.4. The average Bonchev–Trinajstić information content (AvgIpc) is 3.20. The highest BCUT2D eigenvalue weighted by molar-refractivity contribution is 7.81. The number of nitrogens with two attached hydrogens (primary N) is 1. The zero-order chi connectivity index (χ0) is 38.3. The lowest BCUT2D eigenvalue weighted by atomic mass is 9.88. The van der Waals surface area contributed by atoms with Gasteiger partial charge >= 0.3 is 6.18 Å². The lowest BCUT2D eigenvalue weighted by Gasteiger charge is -2.29. The number of hydrogen-bond acceptors (Lipinski definition) is 10. The molecule has 0 saturated carbocycles. The molecule has 51 heavy (non-hydrogen) atoms. The number of hydrogen-bond donors (Lipinski definition) is 2. The molecule has 1 unspecified atom stereocenters. The van der Waals surface area contributed by atoms with Crippen molar-refractivity contribution in [3.05, 3.63) is 46.9 Å². The SMILES string of the molecule is CC(NC(=O)COCCOCCOCCOc1ncc(N2C(=S)N(c3ccc(C#N)c(C(F)(F)F)c3F)C(=O)C2(C)C)cc1C(N)=O)C(C)(C)C. The molecule has 1 fully saturated rings. The third-order valence-electron chi connectivity index (χ3n) is 7.91. The highest BCUT2D eigenvalue weighted by Gasteiger charge is 2.52. The van der Waals surface area contributed by atoms with Gasteiger partial charge < -0.3 is 34.9 Å². The molecule has 3 rings (SSSR count). The Labute approximate surface area is 297 Å². The number of rotatable bonds is 16. The molecule has 0 aliphatic carbocycles. The zero-order valence-corrected chi connectivity index (χ0v) is 29.8. The fraction of sp³-hybridized carbons (Fsp3) is 0.515. The second-order valence-corrected chi connectivity index (χ2v) is 13.3. The summed E-state index contributed by atoms with van der Waals surface area (Å²) in [5.74, 6) is -4.05. The second kappa shape index (κ2) is 16.7. The molecular weight excluding hydrogens is 700 g/mol. The molecule has 1 aliphatic heterocycles. The number of thiocarbonyl (C=S) groups is 1. The van der Waals surface area contributed by atoms with Crippen LogP contribution >= 0.6 is 12.2 Å². The van der Waals surface area contributed by atoms with Crippen molar-refractivity contribution in [1.82, 2.24) is 10.3 Å². The lowest BCUT2D eigenvalue weighted by Crippen LogP contribution is -2.44. The first kappa shape index (κ1) is 41.0. The number of halogens is 4. The molecule has 1 saturated heterocycles. The molecule has 1 atom stereocenters. The van der Waals surface area contributed by atoms with E-state index >= 15 is 4.39 Å². The summed E-state index contributed by atoms with van der Waals surface area (Å²) in [6.45, 7) is 11.7. The van der Waals surface area contributed by atoms with Gasteiger partial charge in [0.15, 0.2) is 10.9 Å². The first-order valence-corrected chi connectivity index (χ1v) is 16.1. The summed E-state index contributed by atoms with van der Waals surface area (Å²) in [6.07, 6.45) is -4.03. The van der Waals surface area contributed by atoms with Crippen LogP contribution < -0.4 is 25.6 Å². The van der Waals surface area contributed by atoms with E-state index in [0.717, 1.165) is 12.1 Å². The van der Waals surface area contributed by atoms with Crippen molar-refractivity contribution in [2.24, 2.45) is 11.1 Å². The van der Waals surface area contributed by atoms with Gasteiger partial charge in [-0.05, 0) is 56.6 Å². The maximum absolute atomic E-state index is 15.3. The first-order valence-electron chi connectivity index (χ1n) is 15.7. The van der Waals surface area contributed by atoms with Crippen molar-refractivity contribution in [2.75, 3.05) is 56.0 Å². The molecule has 3 amide bonds. The monoisotopic (exact) mass is 740 g/mol. The van der Waals surface area contributed by atoms with Gasteiger partial charge in [-0.15, -0.1) is 0 Å². The van der Waals surface area contributed by atoms with E-state index in [4.69, 9.17) is 42.2 Å². The fourth-order valence-electron chi connectivity index (χ4n) is 4.71. The third-order valence-corrected chi connectivity index (χ3v) is 8.28. The maximum Gasteiger partial charge on any atom is 0.420 e. The van der Waals surface area contributed by atoms with Crippen molar-refractivity contribution in [1.29, 1.82) is 5.26 Å². The van der Waals surface area contributed by atoms with Crippen molar-refractivity contribution in [3.63, 3.8) is 0 Å². The number of aromatic nitrogens is 1. The van der Waals surface area contributed by atoms with Gasteiger partial charge in [0.2, 0.25) is 11.8 Å². The summed E-state index contributed by atoms with van der Waals surface area (Å²) < 4.78 is 78.1. The molecule has 2 aromatic rings. The summed E-state index contributed by atoms with van der Waals surface area (Å²) in [5, 5.41) is 11.6. The quantitative estimate of drug-likeness (QED) is 0.144. The number of nitrogens with zero attached hydrogens (tertiary/aromatic N) is 4. The second-order valence-electron chi connectivity index (χ2n) is 12.9. The van der Waals surface area contributed by atoms with E-state index in [9.17, 15) is 27.6 Å². The number of nitrogens with one attached hydrogen (secondary N) is 1. The van der Waals surface area contributed by atoms with Gasteiger partial charge in [0.05, 0.1) is 62.2 Å². The van der Waals surface area contributed by atoms with E-state index in [1.165, 1.54) is 37.1 Å². The highest BCUT2D eigenvalue weighted by atomic mass is 32.1. The molecule has 1 aromatic heterocycles. The molecule has 0 radical (unpaired) electrons. The number of carbonyl (C=O) groups is 3. The summed E-state index contributed by atoms with van der Waals surface area (Å²) in [5.41, 5.74) is 0.140. The normalized spacial score (nSPS) is 15.2. The standard InChI is InChI=1S/C33H40F4N6O7S/c1-19(31(2,3)4)41-24(44)18-49-12-11-47-9-10-48-13-14-50-28-22(27(39)45)15-21(17-40-28)43-30(51)42(29(46)32(43,5)6)23-8-7-20(16-38)25(26(23)34)33(35,36)37/h7-8,15,17,19H,9-14,18H2,1-6H3,(H2,39,45)(H,41,44). The predicted octanol–water partition coefficient (Wildman–Crippen LogP) is 4.11.